The lowest BCUT2D eigenvalue weighted by Crippen LogP contribution is -2.21. The molecule has 0 unspecified atom stereocenters. The van der Waals surface area contributed by atoms with Crippen molar-refractivity contribution < 1.29 is 0 Å². The van der Waals surface area contributed by atoms with Crippen LogP contribution >= 0.6 is 11.3 Å². The number of nitrogens with zero attached hydrogens (tertiary/aromatic N) is 3. The van der Waals surface area contributed by atoms with Crippen LogP contribution < -0.4 is 5.56 Å². The Balaban J connectivity index is 1.94. The molecule has 2 aromatic heterocycles. The zero-order valence-electron chi connectivity index (χ0n) is 8.93. The molecule has 0 aliphatic carbocycles. The summed E-state index contributed by atoms with van der Waals surface area (Å²) in [6.07, 6.45) is 4.30. The lowest BCUT2D eigenvalue weighted by Gasteiger charge is -2.13. The molecule has 84 valence electrons. The van der Waals surface area contributed by atoms with E-state index < -0.39 is 0 Å². The predicted octanol–water partition coefficient (Wildman–Crippen LogP) is 1.35. The molecule has 0 aromatic carbocycles. The zero-order chi connectivity index (χ0) is 11.0. The van der Waals surface area contributed by atoms with Crippen molar-refractivity contribution in [3.63, 3.8) is 0 Å². The van der Waals surface area contributed by atoms with E-state index in [9.17, 15) is 4.79 Å². The van der Waals surface area contributed by atoms with Gasteiger partial charge in [0, 0.05) is 24.2 Å². The number of aromatic nitrogens is 2. The van der Waals surface area contributed by atoms with E-state index in [1.807, 2.05) is 5.38 Å². The van der Waals surface area contributed by atoms with E-state index in [0.717, 1.165) is 30.3 Å². The molecule has 0 radical (unpaired) electrons. The molecular weight excluding hydrogens is 222 g/mol. The van der Waals surface area contributed by atoms with E-state index in [4.69, 9.17) is 0 Å². The molecule has 3 rings (SSSR count). The fourth-order valence-corrected chi connectivity index (χ4v) is 2.88. The van der Waals surface area contributed by atoms with Gasteiger partial charge in [-0.3, -0.25) is 14.1 Å². The average Bonchev–Trinajstić information content (AvgIpc) is 2.87. The second-order valence-electron chi connectivity index (χ2n) is 4.12. The highest BCUT2D eigenvalue weighted by Gasteiger charge is 2.13. The SMILES string of the molecule is O=c1cc(CN2CCCC2)nc2sccn12. The number of fused-ring (bicyclic) bond motifs is 1. The molecule has 16 heavy (non-hydrogen) atoms. The van der Waals surface area contributed by atoms with Crippen LogP contribution in [0.5, 0.6) is 0 Å². The van der Waals surface area contributed by atoms with Crippen LogP contribution in [0.1, 0.15) is 18.5 Å². The molecule has 0 saturated carbocycles. The van der Waals surface area contributed by atoms with Crippen LogP contribution in [0, 0.1) is 0 Å². The largest absolute Gasteiger partial charge is 0.298 e. The number of hydrogen-bond acceptors (Lipinski definition) is 4. The smallest absolute Gasteiger partial charge is 0.258 e. The predicted molar refractivity (Wildman–Crippen MR) is 63.9 cm³/mol. The van der Waals surface area contributed by atoms with Crippen LogP contribution in [0.3, 0.4) is 0 Å². The third kappa shape index (κ3) is 1.76. The van der Waals surface area contributed by atoms with E-state index >= 15 is 0 Å². The highest BCUT2D eigenvalue weighted by Crippen LogP contribution is 2.12. The number of likely N-dealkylation sites (tertiary alicyclic amines) is 1. The van der Waals surface area contributed by atoms with Gasteiger partial charge < -0.3 is 0 Å². The molecule has 0 N–H and O–H groups in total. The first-order chi connectivity index (χ1) is 7.83. The van der Waals surface area contributed by atoms with Gasteiger partial charge in [0.1, 0.15) is 0 Å². The lowest BCUT2D eigenvalue weighted by molar-refractivity contribution is 0.327. The Morgan fingerprint density at radius 1 is 1.38 bits per heavy atom. The van der Waals surface area contributed by atoms with Gasteiger partial charge in [0.25, 0.3) is 5.56 Å². The van der Waals surface area contributed by atoms with Crippen molar-refractivity contribution in [3.8, 4) is 0 Å². The summed E-state index contributed by atoms with van der Waals surface area (Å²) >= 11 is 1.51. The normalized spacial score (nSPS) is 17.2. The van der Waals surface area contributed by atoms with Gasteiger partial charge in [0.2, 0.25) is 0 Å². The molecule has 1 aliphatic rings. The molecule has 0 bridgehead atoms. The molecule has 3 heterocycles. The van der Waals surface area contributed by atoms with Gasteiger partial charge in [-0.2, -0.15) is 0 Å². The first kappa shape index (κ1) is 9.99. The zero-order valence-corrected chi connectivity index (χ0v) is 9.74. The van der Waals surface area contributed by atoms with Gasteiger partial charge >= 0.3 is 0 Å². The highest BCUT2D eigenvalue weighted by atomic mass is 32.1. The van der Waals surface area contributed by atoms with Gasteiger partial charge in [-0.05, 0) is 25.9 Å². The summed E-state index contributed by atoms with van der Waals surface area (Å²) in [4.78, 5) is 19.4. The van der Waals surface area contributed by atoms with Crippen molar-refractivity contribution in [1.29, 1.82) is 0 Å². The van der Waals surface area contributed by atoms with Gasteiger partial charge in [-0.1, -0.05) is 0 Å². The minimum atomic E-state index is 0.0282. The van der Waals surface area contributed by atoms with Gasteiger partial charge in [-0.25, -0.2) is 4.98 Å². The first-order valence-corrected chi connectivity index (χ1v) is 6.39. The molecule has 0 spiro atoms. The van der Waals surface area contributed by atoms with Crippen LogP contribution in [0.15, 0.2) is 22.4 Å². The molecular formula is C11H13N3OS. The van der Waals surface area contributed by atoms with E-state index in [0.29, 0.717) is 0 Å². The van der Waals surface area contributed by atoms with E-state index in [2.05, 4.69) is 9.88 Å². The minimum absolute atomic E-state index is 0.0282. The van der Waals surface area contributed by atoms with Gasteiger partial charge in [0.05, 0.1) is 5.69 Å². The quantitative estimate of drug-likeness (QED) is 0.788. The Kier molecular flexibility index (Phi) is 2.49. The van der Waals surface area contributed by atoms with Crippen LogP contribution in [0.4, 0.5) is 0 Å². The van der Waals surface area contributed by atoms with Crippen molar-refractivity contribution in [2.24, 2.45) is 0 Å². The summed E-state index contributed by atoms with van der Waals surface area (Å²) in [6, 6.07) is 1.65. The molecule has 4 nitrogen and oxygen atoms in total. The average molecular weight is 235 g/mol. The Bertz CT molecular complexity index is 554. The van der Waals surface area contributed by atoms with Crippen molar-refractivity contribution in [2.45, 2.75) is 19.4 Å². The standard InChI is InChI=1S/C11H13N3OS/c15-10-7-9(8-13-3-1-2-4-13)12-11-14(10)5-6-16-11/h5-7H,1-4,8H2. The summed E-state index contributed by atoms with van der Waals surface area (Å²) in [5, 5.41) is 1.89. The highest BCUT2D eigenvalue weighted by molar-refractivity contribution is 7.15. The topological polar surface area (TPSA) is 37.6 Å². The maximum absolute atomic E-state index is 11.7. The minimum Gasteiger partial charge on any atom is -0.298 e. The number of thiazole rings is 1. The Hall–Kier alpha value is -1.20. The third-order valence-electron chi connectivity index (χ3n) is 2.94. The van der Waals surface area contributed by atoms with Crippen molar-refractivity contribution in [1.82, 2.24) is 14.3 Å². The lowest BCUT2D eigenvalue weighted by atomic mass is 10.4. The summed E-state index contributed by atoms with van der Waals surface area (Å²) in [6.45, 7) is 3.07. The van der Waals surface area contributed by atoms with Crippen molar-refractivity contribution in [2.75, 3.05) is 13.1 Å². The first-order valence-electron chi connectivity index (χ1n) is 5.51. The molecule has 0 amide bonds. The summed E-state index contributed by atoms with van der Waals surface area (Å²) in [5.74, 6) is 0. The summed E-state index contributed by atoms with van der Waals surface area (Å²) in [7, 11) is 0. The molecule has 1 fully saturated rings. The van der Waals surface area contributed by atoms with E-state index in [-0.39, 0.29) is 5.56 Å². The summed E-state index contributed by atoms with van der Waals surface area (Å²) in [5.41, 5.74) is 0.926. The van der Waals surface area contributed by atoms with E-state index in [1.54, 1.807) is 16.7 Å². The van der Waals surface area contributed by atoms with Crippen LogP contribution in [0.2, 0.25) is 0 Å². The van der Waals surface area contributed by atoms with Crippen molar-refractivity contribution >= 4 is 16.3 Å². The molecule has 0 atom stereocenters. The summed E-state index contributed by atoms with van der Waals surface area (Å²) < 4.78 is 1.60. The van der Waals surface area contributed by atoms with Crippen molar-refractivity contribution in [3.05, 3.63) is 33.7 Å². The Morgan fingerprint density at radius 3 is 3.00 bits per heavy atom. The fourth-order valence-electron chi connectivity index (χ4n) is 2.14. The van der Waals surface area contributed by atoms with Crippen LogP contribution in [-0.2, 0) is 6.54 Å². The third-order valence-corrected chi connectivity index (χ3v) is 3.70. The fraction of sp³-hybridized carbons (Fsp3) is 0.455. The van der Waals surface area contributed by atoms with Gasteiger partial charge in [-0.15, -0.1) is 11.3 Å². The second kappa shape index (κ2) is 3.99. The number of hydrogen-bond donors (Lipinski definition) is 0. The monoisotopic (exact) mass is 235 g/mol. The number of rotatable bonds is 2. The maximum Gasteiger partial charge on any atom is 0.258 e. The maximum atomic E-state index is 11.7. The Morgan fingerprint density at radius 2 is 2.19 bits per heavy atom. The second-order valence-corrected chi connectivity index (χ2v) is 5.00. The van der Waals surface area contributed by atoms with E-state index in [1.165, 1.54) is 24.2 Å². The molecule has 5 heteroatoms. The van der Waals surface area contributed by atoms with Gasteiger partial charge in [0.15, 0.2) is 4.96 Å². The van der Waals surface area contributed by atoms with Crippen LogP contribution in [0.25, 0.3) is 4.96 Å². The molecule has 2 aromatic rings. The van der Waals surface area contributed by atoms with Crippen LogP contribution in [-0.4, -0.2) is 27.4 Å². The molecule has 1 saturated heterocycles. The molecule has 1 aliphatic heterocycles. The Labute approximate surface area is 97.2 Å².